The van der Waals surface area contributed by atoms with Gasteiger partial charge in [0.1, 0.15) is 5.37 Å². The summed E-state index contributed by atoms with van der Waals surface area (Å²) in [6, 6.07) is 15.8. The van der Waals surface area contributed by atoms with E-state index in [4.69, 9.17) is 0 Å². The molecule has 0 unspecified atom stereocenters. The number of carbonyl (C=O) groups excluding carboxylic acids is 2. The molecule has 0 aromatic heterocycles. The van der Waals surface area contributed by atoms with Crippen LogP contribution in [0.3, 0.4) is 0 Å². The molecular weight excluding hydrogens is 382 g/mol. The molecular formula is C23H29N3O2S. The molecule has 3 rings (SSSR count). The Kier molecular flexibility index (Phi) is 6.22. The van der Waals surface area contributed by atoms with Crippen molar-refractivity contribution in [3.63, 3.8) is 0 Å². The Morgan fingerprint density at radius 3 is 2.28 bits per heavy atom. The third kappa shape index (κ3) is 5.32. The summed E-state index contributed by atoms with van der Waals surface area (Å²) < 4.78 is 0. The molecule has 1 heterocycles. The van der Waals surface area contributed by atoms with Crippen LogP contribution in [0.2, 0.25) is 0 Å². The number of benzene rings is 2. The van der Waals surface area contributed by atoms with Crippen LogP contribution in [-0.4, -0.2) is 31.7 Å². The number of hydrogen-bond acceptors (Lipinski definition) is 4. The largest absolute Gasteiger partial charge is 0.378 e. The van der Waals surface area contributed by atoms with Crippen LogP contribution in [-0.2, 0) is 9.59 Å². The van der Waals surface area contributed by atoms with Crippen LogP contribution in [0, 0.1) is 5.41 Å². The number of nitrogens with zero attached hydrogens (tertiary/aromatic N) is 2. The quantitative estimate of drug-likeness (QED) is 0.760. The third-order valence-electron chi connectivity index (χ3n) is 4.68. The standard InChI is InChI=1S/C23H29N3O2S/c1-23(2,3)14-20(27)24-17-8-6-16(7-9-17)22-26(21(28)15-29-22)19-12-10-18(11-13-19)25(4)5/h6-13,22H,14-15H2,1-5H3,(H,24,27)/t22-/m0/s1. The van der Waals surface area contributed by atoms with Crippen molar-refractivity contribution in [1.82, 2.24) is 0 Å². The first kappa shape index (κ1) is 21.2. The highest BCUT2D eigenvalue weighted by Crippen LogP contribution is 2.42. The van der Waals surface area contributed by atoms with E-state index in [1.807, 2.05) is 93.2 Å². The van der Waals surface area contributed by atoms with Crippen molar-refractivity contribution < 1.29 is 9.59 Å². The molecule has 29 heavy (non-hydrogen) atoms. The van der Waals surface area contributed by atoms with E-state index in [2.05, 4.69) is 5.32 Å². The fourth-order valence-electron chi connectivity index (χ4n) is 3.28. The highest BCUT2D eigenvalue weighted by Gasteiger charge is 2.34. The monoisotopic (exact) mass is 411 g/mol. The van der Waals surface area contributed by atoms with Gasteiger partial charge in [0.15, 0.2) is 0 Å². The van der Waals surface area contributed by atoms with E-state index in [1.54, 1.807) is 11.8 Å². The molecule has 1 saturated heterocycles. The van der Waals surface area contributed by atoms with Gasteiger partial charge in [-0.05, 0) is 47.4 Å². The van der Waals surface area contributed by atoms with Crippen molar-refractivity contribution in [3.05, 3.63) is 54.1 Å². The Bertz CT molecular complexity index is 870. The first-order valence-corrected chi connectivity index (χ1v) is 10.8. The molecule has 0 radical (unpaired) electrons. The molecule has 1 atom stereocenters. The molecule has 2 amide bonds. The Morgan fingerprint density at radius 2 is 1.72 bits per heavy atom. The fourth-order valence-corrected chi connectivity index (χ4v) is 4.46. The van der Waals surface area contributed by atoms with Gasteiger partial charge in [0.05, 0.1) is 5.75 Å². The minimum atomic E-state index is -0.0629. The molecule has 154 valence electrons. The van der Waals surface area contributed by atoms with Gasteiger partial charge in [-0.15, -0.1) is 11.8 Å². The summed E-state index contributed by atoms with van der Waals surface area (Å²) in [5.41, 5.74) is 3.77. The highest BCUT2D eigenvalue weighted by molar-refractivity contribution is 8.00. The molecule has 0 bridgehead atoms. The zero-order chi connectivity index (χ0) is 21.2. The Morgan fingerprint density at radius 1 is 1.10 bits per heavy atom. The molecule has 1 N–H and O–H groups in total. The third-order valence-corrected chi connectivity index (χ3v) is 5.89. The number of hydrogen-bond donors (Lipinski definition) is 1. The van der Waals surface area contributed by atoms with Crippen molar-refractivity contribution in [3.8, 4) is 0 Å². The lowest BCUT2D eigenvalue weighted by atomic mass is 9.92. The molecule has 0 saturated carbocycles. The maximum atomic E-state index is 12.6. The van der Waals surface area contributed by atoms with Gasteiger partial charge in [0.25, 0.3) is 0 Å². The molecule has 1 aliphatic heterocycles. The molecule has 2 aromatic carbocycles. The van der Waals surface area contributed by atoms with E-state index in [1.165, 1.54) is 0 Å². The topological polar surface area (TPSA) is 52.6 Å². The number of amides is 2. The van der Waals surface area contributed by atoms with Crippen LogP contribution in [0.5, 0.6) is 0 Å². The maximum absolute atomic E-state index is 12.6. The summed E-state index contributed by atoms with van der Waals surface area (Å²) in [7, 11) is 3.99. The fraction of sp³-hybridized carbons (Fsp3) is 0.391. The van der Waals surface area contributed by atoms with E-state index in [0.29, 0.717) is 12.2 Å². The molecule has 0 aliphatic carbocycles. The molecule has 5 nitrogen and oxygen atoms in total. The van der Waals surface area contributed by atoms with Crippen LogP contribution in [0.15, 0.2) is 48.5 Å². The predicted molar refractivity (Wildman–Crippen MR) is 123 cm³/mol. The molecule has 0 spiro atoms. The zero-order valence-corrected chi connectivity index (χ0v) is 18.5. The number of carbonyl (C=O) groups is 2. The van der Waals surface area contributed by atoms with Crippen LogP contribution in [0.1, 0.15) is 38.1 Å². The SMILES string of the molecule is CN(C)c1ccc(N2C(=O)CS[C@H]2c2ccc(NC(=O)CC(C)(C)C)cc2)cc1. The molecule has 2 aromatic rings. The first-order chi connectivity index (χ1) is 13.6. The van der Waals surface area contributed by atoms with Crippen molar-refractivity contribution in [2.24, 2.45) is 5.41 Å². The molecule has 6 heteroatoms. The second kappa shape index (κ2) is 8.49. The van der Waals surface area contributed by atoms with E-state index < -0.39 is 0 Å². The minimum absolute atomic E-state index is 0.0123. The van der Waals surface area contributed by atoms with Crippen LogP contribution in [0.25, 0.3) is 0 Å². The normalized spacial score (nSPS) is 16.8. The van der Waals surface area contributed by atoms with Crippen molar-refractivity contribution in [1.29, 1.82) is 0 Å². The van der Waals surface area contributed by atoms with Crippen LogP contribution < -0.4 is 15.1 Å². The number of nitrogens with one attached hydrogen (secondary N) is 1. The maximum Gasteiger partial charge on any atom is 0.238 e. The summed E-state index contributed by atoms with van der Waals surface area (Å²) in [6.07, 6.45) is 0.471. The lowest BCUT2D eigenvalue weighted by Crippen LogP contribution is -2.27. The smallest absolute Gasteiger partial charge is 0.238 e. The summed E-state index contributed by atoms with van der Waals surface area (Å²) in [4.78, 5) is 28.6. The highest BCUT2D eigenvalue weighted by atomic mass is 32.2. The predicted octanol–water partition coefficient (Wildman–Crippen LogP) is 4.91. The van der Waals surface area contributed by atoms with E-state index in [9.17, 15) is 9.59 Å². The Balaban J connectivity index is 1.75. The summed E-state index contributed by atoms with van der Waals surface area (Å²) >= 11 is 1.62. The van der Waals surface area contributed by atoms with E-state index >= 15 is 0 Å². The van der Waals surface area contributed by atoms with Gasteiger partial charge in [0.2, 0.25) is 11.8 Å². The Hall–Kier alpha value is -2.47. The lowest BCUT2D eigenvalue weighted by Gasteiger charge is -2.25. The van der Waals surface area contributed by atoms with Gasteiger partial charge in [-0.3, -0.25) is 14.5 Å². The number of thioether (sulfide) groups is 1. The van der Waals surface area contributed by atoms with Gasteiger partial charge < -0.3 is 10.2 Å². The van der Waals surface area contributed by atoms with E-state index in [-0.39, 0.29) is 22.6 Å². The first-order valence-electron chi connectivity index (χ1n) is 9.75. The number of anilines is 3. The molecule has 1 fully saturated rings. The summed E-state index contributed by atoms with van der Waals surface area (Å²) in [5, 5.41) is 2.89. The zero-order valence-electron chi connectivity index (χ0n) is 17.7. The van der Waals surface area contributed by atoms with Crippen LogP contribution >= 0.6 is 11.8 Å². The van der Waals surface area contributed by atoms with Gasteiger partial charge >= 0.3 is 0 Å². The van der Waals surface area contributed by atoms with Gasteiger partial charge in [-0.2, -0.15) is 0 Å². The van der Waals surface area contributed by atoms with Crippen molar-refractivity contribution in [2.45, 2.75) is 32.6 Å². The number of rotatable bonds is 5. The van der Waals surface area contributed by atoms with Crippen molar-refractivity contribution in [2.75, 3.05) is 35.0 Å². The average molecular weight is 412 g/mol. The van der Waals surface area contributed by atoms with Gasteiger partial charge in [0, 0.05) is 37.6 Å². The average Bonchev–Trinajstić information content (AvgIpc) is 3.02. The molecule has 1 aliphatic rings. The van der Waals surface area contributed by atoms with Gasteiger partial charge in [-0.25, -0.2) is 0 Å². The van der Waals surface area contributed by atoms with Gasteiger partial charge in [-0.1, -0.05) is 32.9 Å². The minimum Gasteiger partial charge on any atom is -0.378 e. The second-order valence-electron chi connectivity index (χ2n) is 8.75. The van der Waals surface area contributed by atoms with Crippen molar-refractivity contribution >= 4 is 40.6 Å². The van der Waals surface area contributed by atoms with Crippen LogP contribution in [0.4, 0.5) is 17.1 Å². The van der Waals surface area contributed by atoms with E-state index in [0.717, 1.165) is 22.6 Å². The Labute approximate surface area is 177 Å². The summed E-state index contributed by atoms with van der Waals surface area (Å²) in [5.74, 6) is 0.586. The summed E-state index contributed by atoms with van der Waals surface area (Å²) in [6.45, 7) is 6.14. The second-order valence-corrected chi connectivity index (χ2v) is 9.81. The lowest BCUT2D eigenvalue weighted by molar-refractivity contribution is -0.118.